The molecule has 1 N–H and O–H groups in total. The molecule has 0 unspecified atom stereocenters. The Morgan fingerprint density at radius 3 is 2.45 bits per heavy atom. The van der Waals surface area contributed by atoms with Crippen molar-refractivity contribution in [1.29, 1.82) is 0 Å². The number of anilines is 1. The Balaban J connectivity index is 1.68. The average molecular weight is 440 g/mol. The molecule has 1 amide bonds. The fraction of sp³-hybridized carbons (Fsp3) is 0.0952. The summed E-state index contributed by atoms with van der Waals surface area (Å²) in [6, 6.07) is 11.6. The Bertz CT molecular complexity index is 1090. The molecular formula is C21H14Cl2F3NO2. The van der Waals surface area contributed by atoms with E-state index in [4.69, 9.17) is 27.6 Å². The number of aryl methyl sites for hydroxylation is 1. The molecule has 1 aromatic heterocycles. The van der Waals surface area contributed by atoms with Gasteiger partial charge in [0.1, 0.15) is 11.5 Å². The summed E-state index contributed by atoms with van der Waals surface area (Å²) in [5, 5.41) is 2.83. The lowest BCUT2D eigenvalue weighted by molar-refractivity contribution is -0.137. The van der Waals surface area contributed by atoms with Crippen molar-refractivity contribution < 1.29 is 22.4 Å². The number of nitrogens with one attached hydrogen (secondary N) is 1. The standard InChI is InChI=1S/C21H14Cl2F3NO2/c1-12-2-3-13(10-16(12)22)19-8-5-15(29-19)6-9-20(28)27-18-7-4-14(11-17(18)23)21(24,25)26/h2-11H,1H3,(H,27,28)/b9-6+. The number of halogens is 5. The molecule has 0 saturated carbocycles. The number of hydrogen-bond acceptors (Lipinski definition) is 2. The summed E-state index contributed by atoms with van der Waals surface area (Å²) in [7, 11) is 0. The van der Waals surface area contributed by atoms with Crippen LogP contribution in [0.3, 0.4) is 0 Å². The first kappa shape index (κ1) is 21.0. The van der Waals surface area contributed by atoms with E-state index in [0.29, 0.717) is 16.5 Å². The number of furan rings is 1. The molecule has 8 heteroatoms. The van der Waals surface area contributed by atoms with Crippen molar-refractivity contribution in [2.75, 3.05) is 5.32 Å². The maximum Gasteiger partial charge on any atom is 0.416 e. The van der Waals surface area contributed by atoms with Gasteiger partial charge in [0.25, 0.3) is 0 Å². The van der Waals surface area contributed by atoms with Gasteiger partial charge in [0.15, 0.2) is 0 Å². The molecule has 0 aliphatic rings. The minimum absolute atomic E-state index is 0.0729. The van der Waals surface area contributed by atoms with Gasteiger partial charge >= 0.3 is 6.18 Å². The van der Waals surface area contributed by atoms with Gasteiger partial charge in [-0.15, -0.1) is 0 Å². The van der Waals surface area contributed by atoms with Crippen molar-refractivity contribution in [2.45, 2.75) is 13.1 Å². The second-order valence-electron chi connectivity index (χ2n) is 6.18. The predicted octanol–water partition coefficient (Wildman–Crippen LogP) is 7.23. The van der Waals surface area contributed by atoms with E-state index in [0.717, 1.165) is 29.3 Å². The molecule has 3 nitrogen and oxygen atoms in total. The molecule has 2 aromatic carbocycles. The summed E-state index contributed by atoms with van der Waals surface area (Å²) < 4.78 is 43.7. The summed E-state index contributed by atoms with van der Waals surface area (Å²) in [6.45, 7) is 1.89. The Kier molecular flexibility index (Phi) is 6.05. The van der Waals surface area contributed by atoms with Crippen LogP contribution in [0.4, 0.5) is 18.9 Å². The van der Waals surface area contributed by atoms with E-state index in [-0.39, 0.29) is 10.7 Å². The van der Waals surface area contributed by atoms with E-state index in [1.165, 1.54) is 12.2 Å². The number of amides is 1. The lowest BCUT2D eigenvalue weighted by atomic mass is 10.1. The number of alkyl halides is 3. The van der Waals surface area contributed by atoms with Crippen LogP contribution >= 0.6 is 23.2 Å². The van der Waals surface area contributed by atoms with Crippen LogP contribution in [-0.4, -0.2) is 5.91 Å². The maximum absolute atomic E-state index is 12.7. The Hall–Kier alpha value is -2.70. The van der Waals surface area contributed by atoms with Crippen molar-refractivity contribution in [3.63, 3.8) is 0 Å². The van der Waals surface area contributed by atoms with Crippen LogP contribution in [0.2, 0.25) is 10.0 Å². The van der Waals surface area contributed by atoms with Crippen LogP contribution < -0.4 is 5.32 Å². The first-order chi connectivity index (χ1) is 13.6. The first-order valence-electron chi connectivity index (χ1n) is 8.35. The molecule has 0 radical (unpaired) electrons. The molecule has 0 aliphatic carbocycles. The summed E-state index contributed by atoms with van der Waals surface area (Å²) in [5.41, 5.74) is 0.918. The number of rotatable bonds is 4. The molecule has 1 heterocycles. The minimum atomic E-state index is -4.51. The summed E-state index contributed by atoms with van der Waals surface area (Å²) in [4.78, 5) is 12.0. The third-order valence-corrected chi connectivity index (χ3v) is 4.76. The van der Waals surface area contributed by atoms with Crippen LogP contribution in [0.25, 0.3) is 17.4 Å². The zero-order chi connectivity index (χ0) is 21.2. The highest BCUT2D eigenvalue weighted by Crippen LogP contribution is 2.33. The van der Waals surface area contributed by atoms with E-state index in [1.54, 1.807) is 18.2 Å². The number of benzene rings is 2. The third-order valence-electron chi connectivity index (χ3n) is 4.04. The van der Waals surface area contributed by atoms with Crippen molar-refractivity contribution in [2.24, 2.45) is 0 Å². The van der Waals surface area contributed by atoms with Gasteiger partial charge in [0.05, 0.1) is 16.3 Å². The normalized spacial score (nSPS) is 11.8. The SMILES string of the molecule is Cc1ccc(-c2ccc(/C=C/C(=O)Nc3ccc(C(F)(F)F)cc3Cl)o2)cc1Cl. The van der Waals surface area contributed by atoms with Gasteiger partial charge in [0, 0.05) is 16.7 Å². The Morgan fingerprint density at radius 1 is 1.03 bits per heavy atom. The largest absolute Gasteiger partial charge is 0.457 e. The number of carbonyl (C=O) groups is 1. The van der Waals surface area contributed by atoms with Crippen LogP contribution in [0.5, 0.6) is 0 Å². The highest BCUT2D eigenvalue weighted by Gasteiger charge is 2.30. The van der Waals surface area contributed by atoms with Gasteiger partial charge in [-0.2, -0.15) is 13.2 Å². The van der Waals surface area contributed by atoms with Gasteiger partial charge in [0.2, 0.25) is 5.91 Å². The Morgan fingerprint density at radius 2 is 1.79 bits per heavy atom. The second kappa shape index (κ2) is 8.35. The minimum Gasteiger partial charge on any atom is -0.457 e. The van der Waals surface area contributed by atoms with Crippen molar-refractivity contribution in [1.82, 2.24) is 0 Å². The fourth-order valence-electron chi connectivity index (χ4n) is 2.47. The molecule has 0 saturated heterocycles. The average Bonchev–Trinajstić information content (AvgIpc) is 3.12. The lowest BCUT2D eigenvalue weighted by Crippen LogP contribution is -2.10. The number of hydrogen-bond donors (Lipinski definition) is 1. The molecular weight excluding hydrogens is 426 g/mol. The molecule has 3 rings (SSSR count). The number of carbonyl (C=O) groups excluding carboxylic acids is 1. The topological polar surface area (TPSA) is 42.2 Å². The van der Waals surface area contributed by atoms with Crippen molar-refractivity contribution in [3.05, 3.63) is 81.5 Å². The van der Waals surface area contributed by atoms with Gasteiger partial charge in [-0.1, -0.05) is 35.3 Å². The van der Waals surface area contributed by atoms with Crippen LogP contribution in [0.15, 0.2) is 59.0 Å². The molecule has 0 aliphatic heterocycles. The van der Waals surface area contributed by atoms with Crippen molar-refractivity contribution >= 4 is 40.9 Å². The molecule has 29 heavy (non-hydrogen) atoms. The highest BCUT2D eigenvalue weighted by molar-refractivity contribution is 6.34. The quantitative estimate of drug-likeness (QED) is 0.435. The van der Waals surface area contributed by atoms with E-state index in [2.05, 4.69) is 5.32 Å². The zero-order valence-corrected chi connectivity index (χ0v) is 16.5. The van der Waals surface area contributed by atoms with Gasteiger partial charge < -0.3 is 9.73 Å². The zero-order valence-electron chi connectivity index (χ0n) is 15.0. The fourth-order valence-corrected chi connectivity index (χ4v) is 2.88. The highest BCUT2D eigenvalue weighted by atomic mass is 35.5. The van der Waals surface area contributed by atoms with Gasteiger partial charge in [-0.05, 0) is 55.0 Å². The molecule has 0 spiro atoms. The van der Waals surface area contributed by atoms with E-state index >= 15 is 0 Å². The second-order valence-corrected chi connectivity index (χ2v) is 7.00. The monoisotopic (exact) mass is 439 g/mol. The molecule has 0 fully saturated rings. The summed E-state index contributed by atoms with van der Waals surface area (Å²) in [6.07, 6.45) is -1.88. The van der Waals surface area contributed by atoms with Crippen LogP contribution in [0.1, 0.15) is 16.9 Å². The van der Waals surface area contributed by atoms with E-state index in [1.807, 2.05) is 19.1 Å². The summed E-state index contributed by atoms with van der Waals surface area (Å²) in [5.74, 6) is 0.436. The molecule has 3 aromatic rings. The van der Waals surface area contributed by atoms with E-state index in [9.17, 15) is 18.0 Å². The van der Waals surface area contributed by atoms with Crippen LogP contribution in [-0.2, 0) is 11.0 Å². The molecule has 0 bridgehead atoms. The third kappa shape index (κ3) is 5.22. The molecule has 0 atom stereocenters. The van der Waals surface area contributed by atoms with Crippen LogP contribution in [0, 0.1) is 6.92 Å². The summed E-state index contributed by atoms with van der Waals surface area (Å²) >= 11 is 11.9. The smallest absolute Gasteiger partial charge is 0.416 e. The maximum atomic E-state index is 12.7. The molecule has 150 valence electrons. The van der Waals surface area contributed by atoms with E-state index < -0.39 is 17.6 Å². The van der Waals surface area contributed by atoms with Crippen molar-refractivity contribution in [3.8, 4) is 11.3 Å². The lowest BCUT2D eigenvalue weighted by Gasteiger charge is -2.10. The predicted molar refractivity (Wildman–Crippen MR) is 108 cm³/mol. The first-order valence-corrected chi connectivity index (χ1v) is 9.11. The Labute approximate surface area is 174 Å². The van der Waals surface area contributed by atoms with Gasteiger partial charge in [-0.25, -0.2) is 0 Å². The van der Waals surface area contributed by atoms with Gasteiger partial charge in [-0.3, -0.25) is 4.79 Å².